The van der Waals surface area contributed by atoms with Gasteiger partial charge in [-0.05, 0) is 32.4 Å². The molecule has 18 heavy (non-hydrogen) atoms. The number of rotatable bonds is 4. The van der Waals surface area contributed by atoms with Crippen LogP contribution in [0.4, 0.5) is 0 Å². The zero-order valence-corrected chi connectivity index (χ0v) is 11.5. The highest BCUT2D eigenvalue weighted by Gasteiger charge is 2.33. The number of hydrogen-bond donors (Lipinski definition) is 1. The zero-order valence-electron chi connectivity index (χ0n) is 11.5. The van der Waals surface area contributed by atoms with Crippen LogP contribution in [0.15, 0.2) is 22.8 Å². The summed E-state index contributed by atoms with van der Waals surface area (Å²) >= 11 is 0. The van der Waals surface area contributed by atoms with Crippen molar-refractivity contribution < 1.29 is 9.15 Å². The van der Waals surface area contributed by atoms with E-state index in [0.29, 0.717) is 0 Å². The van der Waals surface area contributed by atoms with Crippen LogP contribution in [0.2, 0.25) is 0 Å². The SMILES string of the molecule is CCC(N)C(c1ccco1)N1C[C@@H](C)O[C@@H](C)C1. The Morgan fingerprint density at radius 3 is 2.56 bits per heavy atom. The van der Waals surface area contributed by atoms with E-state index in [-0.39, 0.29) is 24.3 Å². The molecule has 0 aromatic carbocycles. The van der Waals surface area contributed by atoms with Gasteiger partial charge >= 0.3 is 0 Å². The largest absolute Gasteiger partial charge is 0.468 e. The van der Waals surface area contributed by atoms with Crippen molar-refractivity contribution in [1.82, 2.24) is 4.90 Å². The molecule has 1 aromatic rings. The van der Waals surface area contributed by atoms with Gasteiger partial charge in [0.15, 0.2) is 0 Å². The first kappa shape index (κ1) is 13.6. The van der Waals surface area contributed by atoms with E-state index >= 15 is 0 Å². The summed E-state index contributed by atoms with van der Waals surface area (Å²) in [7, 11) is 0. The quantitative estimate of drug-likeness (QED) is 0.892. The molecule has 4 atom stereocenters. The van der Waals surface area contributed by atoms with Crippen molar-refractivity contribution in [2.75, 3.05) is 13.1 Å². The van der Waals surface area contributed by atoms with Gasteiger partial charge in [-0.25, -0.2) is 0 Å². The maximum Gasteiger partial charge on any atom is 0.122 e. The Balaban J connectivity index is 2.18. The highest BCUT2D eigenvalue weighted by atomic mass is 16.5. The van der Waals surface area contributed by atoms with Crippen molar-refractivity contribution >= 4 is 0 Å². The van der Waals surface area contributed by atoms with Crippen molar-refractivity contribution in [2.45, 2.75) is 51.5 Å². The lowest BCUT2D eigenvalue weighted by atomic mass is 10.0. The summed E-state index contributed by atoms with van der Waals surface area (Å²) in [5.74, 6) is 0.964. The standard InChI is InChI=1S/C14H24N2O2/c1-4-12(15)14(13-6-5-7-17-13)16-8-10(2)18-11(3)9-16/h5-7,10-12,14H,4,8-9,15H2,1-3H3/t10-,11+,12?,14?. The van der Waals surface area contributed by atoms with Gasteiger partial charge in [-0.1, -0.05) is 6.92 Å². The molecule has 1 aromatic heterocycles. The minimum absolute atomic E-state index is 0.0913. The van der Waals surface area contributed by atoms with Crippen LogP contribution in [0.3, 0.4) is 0 Å². The Hall–Kier alpha value is -0.840. The number of ether oxygens (including phenoxy) is 1. The molecule has 0 spiro atoms. The van der Waals surface area contributed by atoms with Crippen molar-refractivity contribution in [3.05, 3.63) is 24.2 Å². The summed E-state index contributed by atoms with van der Waals surface area (Å²) in [6.07, 6.45) is 3.15. The minimum Gasteiger partial charge on any atom is -0.468 e. The molecule has 0 aliphatic carbocycles. The molecule has 1 aliphatic rings. The Morgan fingerprint density at radius 2 is 2.06 bits per heavy atom. The van der Waals surface area contributed by atoms with E-state index in [1.54, 1.807) is 6.26 Å². The molecular formula is C14H24N2O2. The number of nitrogens with zero attached hydrogens (tertiary/aromatic N) is 1. The maximum atomic E-state index is 6.29. The third kappa shape index (κ3) is 2.94. The van der Waals surface area contributed by atoms with E-state index in [0.717, 1.165) is 25.3 Å². The predicted molar refractivity (Wildman–Crippen MR) is 71.3 cm³/mol. The molecule has 0 amide bonds. The van der Waals surface area contributed by atoms with Gasteiger partial charge in [-0.15, -0.1) is 0 Å². The number of morpholine rings is 1. The van der Waals surface area contributed by atoms with E-state index in [4.69, 9.17) is 14.9 Å². The Kier molecular flexibility index (Phi) is 4.43. The zero-order chi connectivity index (χ0) is 13.1. The minimum atomic E-state index is 0.0913. The smallest absolute Gasteiger partial charge is 0.122 e. The molecule has 2 heterocycles. The topological polar surface area (TPSA) is 51.6 Å². The van der Waals surface area contributed by atoms with Gasteiger partial charge in [-0.2, -0.15) is 0 Å². The molecule has 4 heteroatoms. The first-order valence-corrected chi connectivity index (χ1v) is 6.80. The third-order valence-corrected chi connectivity index (χ3v) is 3.55. The Labute approximate surface area is 109 Å². The van der Waals surface area contributed by atoms with E-state index in [1.807, 2.05) is 12.1 Å². The molecule has 1 aliphatic heterocycles. The molecule has 2 unspecified atom stereocenters. The van der Waals surface area contributed by atoms with Gasteiger partial charge in [0.1, 0.15) is 5.76 Å². The van der Waals surface area contributed by atoms with Crippen LogP contribution >= 0.6 is 0 Å². The van der Waals surface area contributed by atoms with Crippen LogP contribution in [-0.4, -0.2) is 36.2 Å². The fraction of sp³-hybridized carbons (Fsp3) is 0.714. The average molecular weight is 252 g/mol. The van der Waals surface area contributed by atoms with E-state index < -0.39 is 0 Å². The second-order valence-electron chi connectivity index (χ2n) is 5.24. The molecular weight excluding hydrogens is 228 g/mol. The van der Waals surface area contributed by atoms with E-state index in [2.05, 4.69) is 25.7 Å². The van der Waals surface area contributed by atoms with Crippen LogP contribution < -0.4 is 5.73 Å². The number of furan rings is 1. The third-order valence-electron chi connectivity index (χ3n) is 3.55. The van der Waals surface area contributed by atoms with Gasteiger partial charge < -0.3 is 14.9 Å². The van der Waals surface area contributed by atoms with E-state index in [9.17, 15) is 0 Å². The first-order valence-electron chi connectivity index (χ1n) is 6.80. The van der Waals surface area contributed by atoms with Gasteiger partial charge in [0.25, 0.3) is 0 Å². The molecule has 102 valence electrons. The normalized spacial score (nSPS) is 29.1. The second-order valence-corrected chi connectivity index (χ2v) is 5.24. The predicted octanol–water partition coefficient (Wildman–Crippen LogP) is 2.17. The first-order chi connectivity index (χ1) is 8.61. The van der Waals surface area contributed by atoms with Crippen LogP contribution in [0.25, 0.3) is 0 Å². The fourth-order valence-corrected chi connectivity index (χ4v) is 2.79. The van der Waals surface area contributed by atoms with Crippen LogP contribution in [0.1, 0.15) is 39.0 Å². The number of nitrogens with two attached hydrogens (primary N) is 1. The molecule has 0 radical (unpaired) electrons. The molecule has 1 fully saturated rings. The van der Waals surface area contributed by atoms with Gasteiger partial charge in [0, 0.05) is 19.1 Å². The van der Waals surface area contributed by atoms with E-state index in [1.165, 1.54) is 0 Å². The van der Waals surface area contributed by atoms with Crippen LogP contribution in [-0.2, 0) is 4.74 Å². The summed E-state index contributed by atoms with van der Waals surface area (Å²) in [5, 5.41) is 0. The number of hydrogen-bond acceptors (Lipinski definition) is 4. The average Bonchev–Trinajstić information content (AvgIpc) is 2.81. The Bertz CT molecular complexity index is 343. The van der Waals surface area contributed by atoms with Crippen LogP contribution in [0.5, 0.6) is 0 Å². The van der Waals surface area contributed by atoms with Crippen LogP contribution in [0, 0.1) is 0 Å². The molecule has 0 bridgehead atoms. The highest BCUT2D eigenvalue weighted by molar-refractivity contribution is 5.08. The van der Waals surface area contributed by atoms with Crippen molar-refractivity contribution in [3.8, 4) is 0 Å². The lowest BCUT2D eigenvalue weighted by Crippen LogP contribution is -2.51. The fourth-order valence-electron chi connectivity index (χ4n) is 2.79. The molecule has 1 saturated heterocycles. The molecule has 4 nitrogen and oxygen atoms in total. The summed E-state index contributed by atoms with van der Waals surface area (Å²) < 4.78 is 11.4. The highest BCUT2D eigenvalue weighted by Crippen LogP contribution is 2.28. The summed E-state index contributed by atoms with van der Waals surface area (Å²) in [4.78, 5) is 2.39. The molecule has 2 rings (SSSR count). The van der Waals surface area contributed by atoms with Gasteiger partial charge in [-0.3, -0.25) is 4.90 Å². The molecule has 0 saturated carbocycles. The van der Waals surface area contributed by atoms with Gasteiger partial charge in [0.2, 0.25) is 0 Å². The summed E-state index contributed by atoms with van der Waals surface area (Å²) in [6.45, 7) is 8.15. The van der Waals surface area contributed by atoms with Crippen molar-refractivity contribution in [1.29, 1.82) is 0 Å². The molecule has 2 N–H and O–H groups in total. The lowest BCUT2D eigenvalue weighted by Gasteiger charge is -2.41. The maximum absolute atomic E-state index is 6.29. The second kappa shape index (κ2) is 5.87. The lowest BCUT2D eigenvalue weighted by molar-refractivity contribution is -0.0861. The summed E-state index contributed by atoms with van der Waals surface area (Å²) in [5.41, 5.74) is 6.29. The van der Waals surface area contributed by atoms with Crippen molar-refractivity contribution in [2.24, 2.45) is 5.73 Å². The van der Waals surface area contributed by atoms with Crippen molar-refractivity contribution in [3.63, 3.8) is 0 Å². The Morgan fingerprint density at radius 1 is 1.39 bits per heavy atom. The summed E-state index contributed by atoms with van der Waals surface area (Å²) in [6, 6.07) is 4.19. The van der Waals surface area contributed by atoms with Gasteiger partial charge in [0.05, 0.1) is 24.5 Å². The monoisotopic (exact) mass is 252 g/mol.